The zero-order valence-electron chi connectivity index (χ0n) is 14.8. The Bertz CT molecular complexity index is 783. The number of methoxy groups -OCH3 is 1. The summed E-state index contributed by atoms with van der Waals surface area (Å²) >= 11 is 0. The summed E-state index contributed by atoms with van der Waals surface area (Å²) in [5.41, 5.74) is 2.04. The minimum absolute atomic E-state index is 0.0468. The largest absolute Gasteiger partial charge is 0.380 e. The summed E-state index contributed by atoms with van der Waals surface area (Å²) in [6, 6.07) is 5.86. The maximum absolute atomic E-state index is 13.1. The van der Waals surface area contributed by atoms with Gasteiger partial charge in [-0.1, -0.05) is 12.1 Å². The molecule has 6 nitrogen and oxygen atoms in total. The molecule has 0 radical (unpaired) electrons. The van der Waals surface area contributed by atoms with Gasteiger partial charge in [-0.15, -0.1) is 0 Å². The summed E-state index contributed by atoms with van der Waals surface area (Å²) < 4.78 is 5.59. The van der Waals surface area contributed by atoms with Gasteiger partial charge < -0.3 is 14.5 Å². The van der Waals surface area contributed by atoms with Crippen LogP contribution in [0.5, 0.6) is 0 Å². The molecule has 1 amide bonds. The molecular formula is C19H24N4O2. The van der Waals surface area contributed by atoms with E-state index < -0.39 is 0 Å². The first kappa shape index (κ1) is 16.3. The number of aromatic nitrogens is 2. The van der Waals surface area contributed by atoms with Crippen LogP contribution in [0.2, 0.25) is 0 Å². The molecule has 0 bridgehead atoms. The third-order valence-corrected chi connectivity index (χ3v) is 5.42. The Balaban J connectivity index is 1.75. The minimum Gasteiger partial charge on any atom is -0.380 e. The molecule has 0 unspecified atom stereocenters. The van der Waals surface area contributed by atoms with E-state index in [1.165, 1.54) is 0 Å². The summed E-state index contributed by atoms with van der Waals surface area (Å²) in [6.07, 6.45) is 4.55. The van der Waals surface area contributed by atoms with Crippen LogP contribution in [0.15, 0.2) is 24.5 Å². The van der Waals surface area contributed by atoms with Gasteiger partial charge in [0.2, 0.25) is 5.91 Å². The summed E-state index contributed by atoms with van der Waals surface area (Å²) in [5.74, 6) is 1.05. The average molecular weight is 340 g/mol. The second kappa shape index (κ2) is 6.59. The first-order valence-electron chi connectivity index (χ1n) is 8.97. The fraction of sp³-hybridized carbons (Fsp3) is 0.526. The van der Waals surface area contributed by atoms with Gasteiger partial charge in [0.1, 0.15) is 18.2 Å². The summed E-state index contributed by atoms with van der Waals surface area (Å²) in [7, 11) is 1.72. The number of aryl methyl sites for hydroxylation is 1. The molecule has 3 heterocycles. The molecule has 1 aromatic carbocycles. The number of nitrogens with zero attached hydrogens (tertiary/aromatic N) is 4. The molecule has 6 heteroatoms. The fourth-order valence-corrected chi connectivity index (χ4v) is 4.06. The quantitative estimate of drug-likeness (QED) is 0.857. The van der Waals surface area contributed by atoms with Crippen LogP contribution in [0.3, 0.4) is 0 Å². The lowest BCUT2D eigenvalue weighted by Crippen LogP contribution is -2.45. The van der Waals surface area contributed by atoms with Gasteiger partial charge in [0.15, 0.2) is 0 Å². The summed E-state index contributed by atoms with van der Waals surface area (Å²) in [5, 5.41) is 1.03. The molecule has 2 saturated heterocycles. The first-order valence-corrected chi connectivity index (χ1v) is 8.97. The predicted molar refractivity (Wildman–Crippen MR) is 96.6 cm³/mol. The van der Waals surface area contributed by atoms with Gasteiger partial charge in [-0.3, -0.25) is 4.79 Å². The number of ether oxygens (including phenoxy) is 1. The standard InChI is InChI=1S/C19H24N4O2/c1-13-6-5-7-15-17(13)18(21-12-20-15)23-11-14(25-2)10-16(23)19(24)22-8-3-4-9-22/h5-7,12,14,16H,3-4,8-11H2,1-2H3/t14-,16-/m0/s1. The highest BCUT2D eigenvalue weighted by Gasteiger charge is 2.40. The second-order valence-corrected chi connectivity index (χ2v) is 6.96. The van der Waals surface area contributed by atoms with Crippen LogP contribution in [0.25, 0.3) is 10.9 Å². The number of benzene rings is 1. The van der Waals surface area contributed by atoms with Crippen LogP contribution >= 0.6 is 0 Å². The number of likely N-dealkylation sites (tertiary alicyclic amines) is 1. The van der Waals surface area contributed by atoms with Crippen molar-refractivity contribution in [2.24, 2.45) is 0 Å². The molecule has 1 aromatic heterocycles. The lowest BCUT2D eigenvalue weighted by molar-refractivity contribution is -0.131. The zero-order valence-corrected chi connectivity index (χ0v) is 14.8. The Morgan fingerprint density at radius 2 is 2.04 bits per heavy atom. The van der Waals surface area contributed by atoms with Crippen molar-refractivity contribution in [3.05, 3.63) is 30.1 Å². The van der Waals surface area contributed by atoms with Gasteiger partial charge in [-0.05, 0) is 31.4 Å². The predicted octanol–water partition coefficient (Wildman–Crippen LogP) is 2.15. The maximum Gasteiger partial charge on any atom is 0.245 e. The number of carbonyl (C=O) groups excluding carboxylic acids is 1. The van der Waals surface area contributed by atoms with E-state index in [0.29, 0.717) is 13.0 Å². The van der Waals surface area contributed by atoms with Crippen LogP contribution in [0.1, 0.15) is 24.8 Å². The zero-order chi connectivity index (χ0) is 17.4. The van der Waals surface area contributed by atoms with Crippen LogP contribution < -0.4 is 4.90 Å². The van der Waals surface area contributed by atoms with Gasteiger partial charge in [-0.2, -0.15) is 0 Å². The van der Waals surface area contributed by atoms with Gasteiger partial charge in [-0.25, -0.2) is 9.97 Å². The van der Waals surface area contributed by atoms with Crippen molar-refractivity contribution in [2.45, 2.75) is 38.3 Å². The first-order chi connectivity index (χ1) is 12.2. The summed E-state index contributed by atoms with van der Waals surface area (Å²) in [6.45, 7) is 4.48. The van der Waals surface area contributed by atoms with Crippen molar-refractivity contribution in [1.29, 1.82) is 0 Å². The molecule has 2 atom stereocenters. The number of fused-ring (bicyclic) bond motifs is 1. The molecule has 0 aliphatic carbocycles. The molecular weight excluding hydrogens is 316 g/mol. The van der Waals surface area contributed by atoms with Gasteiger partial charge >= 0.3 is 0 Å². The number of hydrogen-bond donors (Lipinski definition) is 0. The normalized spacial score (nSPS) is 23.6. The monoisotopic (exact) mass is 340 g/mol. The molecule has 2 aliphatic heterocycles. The van der Waals surface area contributed by atoms with Crippen LogP contribution in [-0.2, 0) is 9.53 Å². The highest BCUT2D eigenvalue weighted by Crippen LogP contribution is 2.33. The fourth-order valence-electron chi connectivity index (χ4n) is 4.06. The number of amides is 1. The number of hydrogen-bond acceptors (Lipinski definition) is 5. The summed E-state index contributed by atoms with van der Waals surface area (Å²) in [4.78, 5) is 26.2. The molecule has 0 spiro atoms. The molecule has 2 fully saturated rings. The lowest BCUT2D eigenvalue weighted by atomic mass is 10.1. The van der Waals surface area contributed by atoms with Gasteiger partial charge in [0.25, 0.3) is 0 Å². The van der Waals surface area contributed by atoms with E-state index in [-0.39, 0.29) is 18.1 Å². The number of anilines is 1. The number of carbonyl (C=O) groups is 1. The Hall–Kier alpha value is -2.21. The van der Waals surface area contributed by atoms with Crippen molar-refractivity contribution in [2.75, 3.05) is 31.6 Å². The van der Waals surface area contributed by atoms with Crippen LogP contribution in [0, 0.1) is 6.92 Å². The van der Waals surface area contributed by atoms with Crippen molar-refractivity contribution in [3.63, 3.8) is 0 Å². The maximum atomic E-state index is 13.1. The van der Waals surface area contributed by atoms with Crippen molar-refractivity contribution in [1.82, 2.24) is 14.9 Å². The Morgan fingerprint density at radius 1 is 1.24 bits per heavy atom. The molecule has 2 aliphatic rings. The van der Waals surface area contributed by atoms with E-state index in [0.717, 1.165) is 48.2 Å². The third kappa shape index (κ3) is 2.84. The molecule has 2 aromatic rings. The average Bonchev–Trinajstić information content (AvgIpc) is 3.31. The Morgan fingerprint density at radius 3 is 2.80 bits per heavy atom. The van der Waals surface area contributed by atoms with Crippen molar-refractivity contribution < 1.29 is 9.53 Å². The van der Waals surface area contributed by atoms with Gasteiger partial charge in [0, 0.05) is 38.6 Å². The van der Waals surface area contributed by atoms with E-state index in [1.807, 2.05) is 17.0 Å². The SMILES string of the molecule is CO[C@H]1C[C@@H](C(=O)N2CCCC2)N(c2ncnc3cccc(C)c23)C1. The molecule has 0 N–H and O–H groups in total. The topological polar surface area (TPSA) is 58.6 Å². The Labute approximate surface area is 147 Å². The minimum atomic E-state index is -0.208. The van der Waals surface area contributed by atoms with Crippen molar-refractivity contribution in [3.8, 4) is 0 Å². The third-order valence-electron chi connectivity index (χ3n) is 5.42. The second-order valence-electron chi connectivity index (χ2n) is 6.96. The molecule has 4 rings (SSSR count). The van der Waals surface area contributed by atoms with E-state index in [9.17, 15) is 4.79 Å². The van der Waals surface area contributed by atoms with Crippen molar-refractivity contribution >= 4 is 22.6 Å². The Kier molecular flexibility index (Phi) is 4.29. The highest BCUT2D eigenvalue weighted by molar-refractivity contribution is 5.95. The van der Waals surface area contributed by atoms with Crippen LogP contribution in [0.4, 0.5) is 5.82 Å². The molecule has 25 heavy (non-hydrogen) atoms. The van der Waals surface area contributed by atoms with Crippen LogP contribution in [-0.4, -0.2) is 59.7 Å². The highest BCUT2D eigenvalue weighted by atomic mass is 16.5. The molecule has 132 valence electrons. The molecule has 0 saturated carbocycles. The van der Waals surface area contributed by atoms with E-state index >= 15 is 0 Å². The smallest absolute Gasteiger partial charge is 0.245 e. The van der Waals surface area contributed by atoms with E-state index in [4.69, 9.17) is 4.74 Å². The van der Waals surface area contributed by atoms with E-state index in [2.05, 4.69) is 27.9 Å². The van der Waals surface area contributed by atoms with Gasteiger partial charge in [0.05, 0.1) is 11.6 Å². The lowest BCUT2D eigenvalue weighted by Gasteiger charge is -2.29. The number of rotatable bonds is 3. The van der Waals surface area contributed by atoms with E-state index in [1.54, 1.807) is 13.4 Å².